The minimum Gasteiger partial charge on any atom is -0.495 e. The second kappa shape index (κ2) is 8.37. The number of amides is 1. The van der Waals surface area contributed by atoms with Crippen LogP contribution < -0.4 is 20.7 Å². The van der Waals surface area contributed by atoms with E-state index in [-0.39, 0.29) is 5.91 Å². The molecule has 0 unspecified atom stereocenters. The highest BCUT2D eigenvalue weighted by atomic mass is 16.5. The van der Waals surface area contributed by atoms with E-state index >= 15 is 0 Å². The molecule has 0 aliphatic heterocycles. The molecule has 0 saturated heterocycles. The molecule has 1 amide bonds. The summed E-state index contributed by atoms with van der Waals surface area (Å²) in [6.45, 7) is 4.18. The maximum atomic E-state index is 11.8. The van der Waals surface area contributed by atoms with Gasteiger partial charge in [0, 0.05) is 13.1 Å². The lowest BCUT2D eigenvalue weighted by molar-refractivity contribution is -0.119. The molecule has 19 heavy (non-hydrogen) atoms. The molecule has 0 spiro atoms. The number of benzene rings is 1. The van der Waals surface area contributed by atoms with E-state index in [1.54, 1.807) is 7.11 Å². The van der Waals surface area contributed by atoms with E-state index in [1.807, 2.05) is 36.1 Å². The highest BCUT2D eigenvalue weighted by Gasteiger charge is 2.14. The molecule has 0 aromatic heterocycles. The monoisotopic (exact) mass is 265 g/mol. The van der Waals surface area contributed by atoms with Crippen LogP contribution in [0, 0.1) is 0 Å². The van der Waals surface area contributed by atoms with E-state index in [0.29, 0.717) is 19.6 Å². The van der Waals surface area contributed by atoms with Crippen LogP contribution in [0.25, 0.3) is 0 Å². The molecule has 1 aromatic carbocycles. The Morgan fingerprint density at radius 1 is 1.42 bits per heavy atom. The molecule has 0 aliphatic carbocycles. The van der Waals surface area contributed by atoms with Crippen molar-refractivity contribution in [2.24, 2.45) is 5.73 Å². The number of nitrogens with zero attached hydrogens (tertiary/aromatic N) is 1. The molecule has 0 heterocycles. The summed E-state index contributed by atoms with van der Waals surface area (Å²) < 4.78 is 5.34. The van der Waals surface area contributed by atoms with E-state index in [4.69, 9.17) is 10.5 Å². The smallest absolute Gasteiger partial charge is 0.239 e. The molecule has 5 heteroatoms. The van der Waals surface area contributed by atoms with Crippen LogP contribution in [-0.4, -0.2) is 39.2 Å². The largest absolute Gasteiger partial charge is 0.495 e. The predicted octanol–water partition coefficient (Wildman–Crippen LogP) is 0.987. The lowest BCUT2D eigenvalue weighted by Gasteiger charge is -2.25. The second-order valence-corrected chi connectivity index (χ2v) is 4.19. The van der Waals surface area contributed by atoms with Gasteiger partial charge in [0.05, 0.1) is 19.3 Å². The van der Waals surface area contributed by atoms with Crippen LogP contribution in [0.3, 0.4) is 0 Å². The standard InChI is InChI=1S/C14H23N3O2/c1-3-16-14(18)11-17(10-6-9-15)12-7-4-5-8-13(12)19-2/h4-5,7-8H,3,6,9-11,15H2,1-2H3,(H,16,18). The zero-order valence-corrected chi connectivity index (χ0v) is 11.7. The molecule has 0 radical (unpaired) electrons. The maximum Gasteiger partial charge on any atom is 0.239 e. The number of anilines is 1. The van der Waals surface area contributed by atoms with Crippen LogP contribution in [0.2, 0.25) is 0 Å². The van der Waals surface area contributed by atoms with E-state index in [9.17, 15) is 4.79 Å². The zero-order chi connectivity index (χ0) is 14.1. The van der Waals surface area contributed by atoms with Gasteiger partial charge in [-0.15, -0.1) is 0 Å². The Kier molecular flexibility index (Phi) is 6.74. The molecular weight excluding hydrogens is 242 g/mol. The van der Waals surface area contributed by atoms with Gasteiger partial charge in [0.2, 0.25) is 5.91 Å². The summed E-state index contributed by atoms with van der Waals surface area (Å²) in [5.41, 5.74) is 6.48. The van der Waals surface area contributed by atoms with Crippen LogP contribution in [0.5, 0.6) is 5.75 Å². The Labute approximate surface area is 114 Å². The Bertz CT molecular complexity index is 396. The van der Waals surface area contributed by atoms with Crippen molar-refractivity contribution < 1.29 is 9.53 Å². The van der Waals surface area contributed by atoms with Crippen molar-refractivity contribution in [3.8, 4) is 5.75 Å². The van der Waals surface area contributed by atoms with Gasteiger partial charge < -0.3 is 20.7 Å². The van der Waals surface area contributed by atoms with Crippen molar-refractivity contribution in [1.82, 2.24) is 5.32 Å². The van der Waals surface area contributed by atoms with Gasteiger partial charge in [-0.05, 0) is 32.0 Å². The fraction of sp³-hybridized carbons (Fsp3) is 0.500. The highest BCUT2D eigenvalue weighted by molar-refractivity contribution is 5.82. The number of nitrogens with two attached hydrogens (primary N) is 1. The van der Waals surface area contributed by atoms with Crippen LogP contribution in [0.15, 0.2) is 24.3 Å². The van der Waals surface area contributed by atoms with E-state index in [0.717, 1.165) is 24.4 Å². The summed E-state index contributed by atoms with van der Waals surface area (Å²) >= 11 is 0. The number of rotatable bonds is 8. The number of methoxy groups -OCH3 is 1. The van der Waals surface area contributed by atoms with Crippen molar-refractivity contribution in [1.29, 1.82) is 0 Å². The fourth-order valence-corrected chi connectivity index (χ4v) is 1.88. The molecule has 0 atom stereocenters. The molecule has 0 saturated carbocycles. The van der Waals surface area contributed by atoms with E-state index in [1.165, 1.54) is 0 Å². The van der Waals surface area contributed by atoms with Gasteiger partial charge >= 0.3 is 0 Å². The number of carbonyl (C=O) groups is 1. The Balaban J connectivity index is 2.85. The number of nitrogens with one attached hydrogen (secondary N) is 1. The number of hydrogen-bond donors (Lipinski definition) is 2. The number of carbonyl (C=O) groups excluding carboxylic acids is 1. The topological polar surface area (TPSA) is 67.6 Å². The summed E-state index contributed by atoms with van der Waals surface area (Å²) in [5, 5.41) is 2.81. The van der Waals surface area contributed by atoms with Gasteiger partial charge in [-0.1, -0.05) is 12.1 Å². The molecule has 1 rings (SSSR count). The summed E-state index contributed by atoms with van der Waals surface area (Å²) in [6, 6.07) is 7.69. The van der Waals surface area contributed by atoms with Gasteiger partial charge in [-0.2, -0.15) is 0 Å². The minimum absolute atomic E-state index is 0.00503. The fourth-order valence-electron chi connectivity index (χ4n) is 1.88. The average Bonchev–Trinajstić information content (AvgIpc) is 2.43. The number of likely N-dealkylation sites (N-methyl/N-ethyl adjacent to an activating group) is 1. The first-order chi connectivity index (χ1) is 9.22. The lowest BCUT2D eigenvalue weighted by atomic mass is 10.2. The molecule has 106 valence electrons. The molecule has 1 aromatic rings. The van der Waals surface area contributed by atoms with Crippen LogP contribution in [0.1, 0.15) is 13.3 Å². The first kappa shape index (κ1) is 15.3. The normalized spacial score (nSPS) is 10.1. The van der Waals surface area contributed by atoms with Crippen LogP contribution >= 0.6 is 0 Å². The maximum absolute atomic E-state index is 11.8. The van der Waals surface area contributed by atoms with Gasteiger partial charge in [-0.25, -0.2) is 0 Å². The van der Waals surface area contributed by atoms with Gasteiger partial charge in [0.15, 0.2) is 0 Å². The number of para-hydroxylation sites is 2. The van der Waals surface area contributed by atoms with Crippen LogP contribution in [-0.2, 0) is 4.79 Å². The molecular formula is C14H23N3O2. The third-order valence-electron chi connectivity index (χ3n) is 2.77. The molecule has 3 N–H and O–H groups in total. The quantitative estimate of drug-likeness (QED) is 0.735. The lowest BCUT2D eigenvalue weighted by Crippen LogP contribution is -2.38. The first-order valence-electron chi connectivity index (χ1n) is 6.57. The van der Waals surface area contributed by atoms with E-state index in [2.05, 4.69) is 5.32 Å². The van der Waals surface area contributed by atoms with Crippen molar-refractivity contribution in [3.63, 3.8) is 0 Å². The summed E-state index contributed by atoms with van der Waals surface area (Å²) in [5.74, 6) is 0.772. The van der Waals surface area contributed by atoms with Crippen molar-refractivity contribution >= 4 is 11.6 Å². The summed E-state index contributed by atoms with van der Waals surface area (Å²) in [6.07, 6.45) is 0.831. The summed E-state index contributed by atoms with van der Waals surface area (Å²) in [7, 11) is 1.63. The molecule has 0 fully saturated rings. The Morgan fingerprint density at radius 3 is 2.79 bits per heavy atom. The molecule has 5 nitrogen and oxygen atoms in total. The number of hydrogen-bond acceptors (Lipinski definition) is 4. The second-order valence-electron chi connectivity index (χ2n) is 4.19. The van der Waals surface area contributed by atoms with Crippen molar-refractivity contribution in [2.75, 3.05) is 38.2 Å². The highest BCUT2D eigenvalue weighted by Crippen LogP contribution is 2.27. The molecule has 0 bridgehead atoms. The third-order valence-corrected chi connectivity index (χ3v) is 2.77. The van der Waals surface area contributed by atoms with Gasteiger partial charge in [0.1, 0.15) is 5.75 Å². The minimum atomic E-state index is 0.00503. The molecule has 0 aliphatic rings. The SMILES string of the molecule is CCNC(=O)CN(CCCN)c1ccccc1OC. The first-order valence-corrected chi connectivity index (χ1v) is 6.57. The average molecular weight is 265 g/mol. The van der Waals surface area contributed by atoms with Gasteiger partial charge in [-0.3, -0.25) is 4.79 Å². The van der Waals surface area contributed by atoms with Crippen LogP contribution in [0.4, 0.5) is 5.69 Å². The predicted molar refractivity (Wildman–Crippen MR) is 77.6 cm³/mol. The van der Waals surface area contributed by atoms with Crippen molar-refractivity contribution in [2.45, 2.75) is 13.3 Å². The Hall–Kier alpha value is -1.75. The van der Waals surface area contributed by atoms with E-state index < -0.39 is 0 Å². The third kappa shape index (κ3) is 4.79. The summed E-state index contributed by atoms with van der Waals surface area (Å²) in [4.78, 5) is 13.8. The van der Waals surface area contributed by atoms with Gasteiger partial charge in [0.25, 0.3) is 0 Å². The van der Waals surface area contributed by atoms with Crippen molar-refractivity contribution in [3.05, 3.63) is 24.3 Å². The number of ether oxygens (including phenoxy) is 1. The zero-order valence-electron chi connectivity index (χ0n) is 11.7. The Morgan fingerprint density at radius 2 is 2.16 bits per heavy atom.